The lowest BCUT2D eigenvalue weighted by atomic mass is 9.91. The van der Waals surface area contributed by atoms with Crippen molar-refractivity contribution in [1.29, 1.82) is 5.26 Å². The standard InChI is InChI=1S/C24H16FN3O/c25-21-13-7-8-17(15-21)14-20(16-26)24-27-23(28-29-24)22(18-9-3-1-4-10-18)19-11-5-2-6-12-19/h1-15,22H/b20-14+. The molecule has 0 saturated heterocycles. The topological polar surface area (TPSA) is 62.7 Å². The van der Waals surface area contributed by atoms with Crippen LogP contribution in [0, 0.1) is 17.1 Å². The van der Waals surface area contributed by atoms with E-state index in [1.165, 1.54) is 18.2 Å². The van der Waals surface area contributed by atoms with Gasteiger partial charge in [0.1, 0.15) is 17.5 Å². The number of hydrogen-bond donors (Lipinski definition) is 0. The Bertz CT molecular complexity index is 1140. The SMILES string of the molecule is N#C/C(=C\c1cccc(F)c1)c1nc(C(c2ccccc2)c2ccccc2)no1. The van der Waals surface area contributed by atoms with E-state index in [4.69, 9.17) is 4.52 Å². The smallest absolute Gasteiger partial charge is 0.268 e. The second kappa shape index (κ2) is 8.32. The molecule has 140 valence electrons. The highest BCUT2D eigenvalue weighted by Crippen LogP contribution is 2.30. The van der Waals surface area contributed by atoms with Gasteiger partial charge in [0.05, 0.1) is 5.92 Å². The third kappa shape index (κ3) is 4.12. The second-order valence-electron chi connectivity index (χ2n) is 6.44. The normalized spacial score (nSPS) is 11.4. The lowest BCUT2D eigenvalue weighted by Crippen LogP contribution is -2.05. The highest BCUT2D eigenvalue weighted by atomic mass is 19.1. The van der Waals surface area contributed by atoms with Gasteiger partial charge < -0.3 is 4.52 Å². The van der Waals surface area contributed by atoms with Gasteiger partial charge in [0.2, 0.25) is 0 Å². The van der Waals surface area contributed by atoms with E-state index < -0.39 is 0 Å². The highest BCUT2D eigenvalue weighted by molar-refractivity contribution is 5.86. The lowest BCUT2D eigenvalue weighted by Gasteiger charge is -2.14. The summed E-state index contributed by atoms with van der Waals surface area (Å²) in [6.45, 7) is 0. The van der Waals surface area contributed by atoms with Crippen molar-refractivity contribution in [2.24, 2.45) is 0 Å². The van der Waals surface area contributed by atoms with Crippen molar-refractivity contribution in [3.8, 4) is 6.07 Å². The number of aromatic nitrogens is 2. The zero-order valence-electron chi connectivity index (χ0n) is 15.4. The van der Waals surface area contributed by atoms with E-state index in [1.807, 2.05) is 60.7 Å². The summed E-state index contributed by atoms with van der Waals surface area (Å²) in [5.74, 6) is -0.0547. The molecule has 29 heavy (non-hydrogen) atoms. The number of allylic oxidation sites excluding steroid dienone is 1. The summed E-state index contributed by atoms with van der Waals surface area (Å²) in [6.07, 6.45) is 1.53. The first-order chi connectivity index (χ1) is 14.2. The molecule has 0 amide bonds. The Morgan fingerprint density at radius 2 is 1.59 bits per heavy atom. The Kier molecular flexibility index (Phi) is 5.26. The highest BCUT2D eigenvalue weighted by Gasteiger charge is 2.23. The van der Waals surface area contributed by atoms with Crippen LogP contribution >= 0.6 is 0 Å². The first-order valence-electron chi connectivity index (χ1n) is 9.06. The van der Waals surface area contributed by atoms with E-state index >= 15 is 0 Å². The van der Waals surface area contributed by atoms with Crippen LogP contribution in [0.3, 0.4) is 0 Å². The van der Waals surface area contributed by atoms with Crippen LogP contribution < -0.4 is 0 Å². The van der Waals surface area contributed by atoms with E-state index in [0.717, 1.165) is 11.1 Å². The second-order valence-corrected chi connectivity index (χ2v) is 6.44. The van der Waals surface area contributed by atoms with E-state index in [1.54, 1.807) is 12.1 Å². The first-order valence-corrected chi connectivity index (χ1v) is 9.06. The summed E-state index contributed by atoms with van der Waals surface area (Å²) in [5.41, 5.74) is 2.75. The molecular formula is C24H16FN3O. The minimum absolute atomic E-state index is 0.101. The van der Waals surface area contributed by atoms with Crippen LogP contribution in [-0.4, -0.2) is 10.1 Å². The van der Waals surface area contributed by atoms with Crippen LogP contribution in [0.25, 0.3) is 11.6 Å². The summed E-state index contributed by atoms with van der Waals surface area (Å²) < 4.78 is 18.8. The van der Waals surface area contributed by atoms with Crippen molar-refractivity contribution in [3.05, 3.63) is 119 Å². The molecule has 0 spiro atoms. The number of hydrogen-bond acceptors (Lipinski definition) is 4. The van der Waals surface area contributed by atoms with Crippen LogP contribution in [0.15, 0.2) is 89.5 Å². The van der Waals surface area contributed by atoms with E-state index in [2.05, 4.69) is 16.2 Å². The lowest BCUT2D eigenvalue weighted by molar-refractivity contribution is 0.401. The molecule has 0 N–H and O–H groups in total. The molecule has 5 heteroatoms. The van der Waals surface area contributed by atoms with Gasteiger partial charge in [-0.05, 0) is 34.9 Å². The third-order valence-electron chi connectivity index (χ3n) is 4.48. The third-order valence-corrected chi connectivity index (χ3v) is 4.48. The van der Waals surface area contributed by atoms with Gasteiger partial charge in [0, 0.05) is 0 Å². The average molecular weight is 381 g/mol. The van der Waals surface area contributed by atoms with Gasteiger partial charge >= 0.3 is 0 Å². The fourth-order valence-electron chi connectivity index (χ4n) is 3.15. The number of benzene rings is 3. The summed E-state index contributed by atoms with van der Waals surface area (Å²) in [7, 11) is 0. The van der Waals surface area contributed by atoms with Gasteiger partial charge in [-0.25, -0.2) is 4.39 Å². The fourth-order valence-corrected chi connectivity index (χ4v) is 3.15. The molecule has 0 aliphatic carbocycles. The molecule has 4 aromatic rings. The van der Waals surface area contributed by atoms with Crippen molar-refractivity contribution in [2.75, 3.05) is 0 Å². The van der Waals surface area contributed by atoms with Crippen LogP contribution in [0.4, 0.5) is 4.39 Å². The van der Waals surface area contributed by atoms with Gasteiger partial charge in [-0.2, -0.15) is 10.2 Å². The maximum atomic E-state index is 13.4. The van der Waals surface area contributed by atoms with E-state index in [-0.39, 0.29) is 23.2 Å². The summed E-state index contributed by atoms with van der Waals surface area (Å²) >= 11 is 0. The predicted octanol–water partition coefficient (Wildman–Crippen LogP) is 5.45. The molecule has 3 aromatic carbocycles. The zero-order chi connectivity index (χ0) is 20.1. The Hall–Kier alpha value is -4.04. The van der Waals surface area contributed by atoms with Crippen molar-refractivity contribution < 1.29 is 8.91 Å². The molecule has 4 rings (SSSR count). The largest absolute Gasteiger partial charge is 0.333 e. The molecule has 1 aromatic heterocycles. The molecule has 4 nitrogen and oxygen atoms in total. The maximum Gasteiger partial charge on any atom is 0.268 e. The van der Waals surface area contributed by atoms with Gasteiger partial charge in [-0.3, -0.25) is 0 Å². The van der Waals surface area contributed by atoms with Crippen molar-refractivity contribution >= 4 is 11.6 Å². The molecular weight excluding hydrogens is 365 g/mol. The first kappa shape index (κ1) is 18.3. The Morgan fingerprint density at radius 3 is 2.17 bits per heavy atom. The maximum absolute atomic E-state index is 13.4. The molecule has 0 aliphatic heterocycles. The number of nitriles is 1. The Labute approximate surface area is 167 Å². The number of halogens is 1. The summed E-state index contributed by atoms with van der Waals surface area (Å²) in [4.78, 5) is 4.49. The average Bonchev–Trinajstić information content (AvgIpc) is 3.23. The summed E-state index contributed by atoms with van der Waals surface area (Å²) in [6, 6.07) is 27.7. The van der Waals surface area contributed by atoms with E-state index in [9.17, 15) is 9.65 Å². The van der Waals surface area contributed by atoms with Crippen molar-refractivity contribution in [3.63, 3.8) is 0 Å². The van der Waals surface area contributed by atoms with Crippen LogP contribution in [0.1, 0.15) is 34.3 Å². The van der Waals surface area contributed by atoms with Crippen LogP contribution in [-0.2, 0) is 0 Å². The minimum Gasteiger partial charge on any atom is -0.333 e. The van der Waals surface area contributed by atoms with Crippen molar-refractivity contribution in [1.82, 2.24) is 10.1 Å². The van der Waals surface area contributed by atoms with E-state index in [0.29, 0.717) is 11.4 Å². The van der Waals surface area contributed by atoms with Gasteiger partial charge in [-0.1, -0.05) is 78.0 Å². The van der Waals surface area contributed by atoms with Crippen LogP contribution in [0.5, 0.6) is 0 Å². The van der Waals surface area contributed by atoms with Gasteiger partial charge in [-0.15, -0.1) is 0 Å². The molecule has 0 fully saturated rings. The molecule has 0 radical (unpaired) electrons. The zero-order valence-corrected chi connectivity index (χ0v) is 15.4. The van der Waals surface area contributed by atoms with Crippen LogP contribution in [0.2, 0.25) is 0 Å². The van der Waals surface area contributed by atoms with Gasteiger partial charge in [0.15, 0.2) is 5.82 Å². The Balaban J connectivity index is 1.75. The van der Waals surface area contributed by atoms with Crippen molar-refractivity contribution in [2.45, 2.75) is 5.92 Å². The quantitative estimate of drug-likeness (QED) is 0.431. The van der Waals surface area contributed by atoms with Gasteiger partial charge in [0.25, 0.3) is 5.89 Å². The molecule has 0 bridgehead atoms. The molecule has 0 saturated carbocycles. The molecule has 0 aliphatic rings. The Morgan fingerprint density at radius 1 is 0.931 bits per heavy atom. The number of rotatable bonds is 5. The molecule has 0 unspecified atom stereocenters. The summed E-state index contributed by atoms with van der Waals surface area (Å²) in [5, 5.41) is 13.7. The fraction of sp³-hybridized carbons (Fsp3) is 0.0417. The molecule has 0 atom stereocenters. The predicted molar refractivity (Wildman–Crippen MR) is 108 cm³/mol. The minimum atomic E-state index is -0.379. The molecule has 1 heterocycles. The monoisotopic (exact) mass is 381 g/mol. The number of nitrogens with zero attached hydrogens (tertiary/aromatic N) is 3.